The van der Waals surface area contributed by atoms with Gasteiger partial charge in [0.15, 0.2) is 0 Å². The van der Waals surface area contributed by atoms with Crippen molar-refractivity contribution in [2.75, 3.05) is 0 Å². The van der Waals surface area contributed by atoms with Gasteiger partial charge in [-0.05, 0) is 49.3 Å². The van der Waals surface area contributed by atoms with Gasteiger partial charge in [-0.2, -0.15) is 0 Å². The second kappa shape index (κ2) is 6.93. The highest BCUT2D eigenvalue weighted by Crippen LogP contribution is 2.41. The van der Waals surface area contributed by atoms with E-state index in [2.05, 4.69) is 23.2 Å². The van der Waals surface area contributed by atoms with Gasteiger partial charge in [-0.1, -0.05) is 24.3 Å². The van der Waals surface area contributed by atoms with Crippen LogP contribution >= 0.6 is 0 Å². The Balaban J connectivity index is 1.60. The summed E-state index contributed by atoms with van der Waals surface area (Å²) in [6.45, 7) is 0. The van der Waals surface area contributed by atoms with E-state index in [0.29, 0.717) is 11.2 Å². The zero-order valence-corrected chi connectivity index (χ0v) is 17.2. The number of nitrogens with zero attached hydrogens (tertiary/aromatic N) is 4. The zero-order chi connectivity index (χ0) is 21.0. The zero-order valence-electron chi connectivity index (χ0n) is 17.2. The third-order valence-corrected chi connectivity index (χ3v) is 6.39. The lowest BCUT2D eigenvalue weighted by Crippen LogP contribution is -2.39. The van der Waals surface area contributed by atoms with Crippen LogP contribution in [0.5, 0.6) is 0 Å². The van der Waals surface area contributed by atoms with E-state index in [0.717, 1.165) is 36.7 Å². The summed E-state index contributed by atoms with van der Waals surface area (Å²) in [4.78, 5) is 44.8. The number of benzene rings is 1. The molecule has 30 heavy (non-hydrogen) atoms. The molecule has 0 aliphatic heterocycles. The van der Waals surface area contributed by atoms with Gasteiger partial charge in [-0.15, -0.1) is 0 Å². The maximum absolute atomic E-state index is 13.6. The summed E-state index contributed by atoms with van der Waals surface area (Å²) >= 11 is 0. The van der Waals surface area contributed by atoms with Crippen molar-refractivity contribution in [3.05, 3.63) is 74.1 Å². The fourth-order valence-electron chi connectivity index (χ4n) is 4.66. The second-order valence-corrected chi connectivity index (χ2v) is 8.35. The Hall–Kier alpha value is -3.22. The average Bonchev–Trinajstić information content (AvgIpc) is 3.61. The van der Waals surface area contributed by atoms with Crippen LogP contribution in [-0.2, 0) is 20.5 Å². The summed E-state index contributed by atoms with van der Waals surface area (Å²) in [5.41, 5.74) is 2.37. The quantitative estimate of drug-likeness (QED) is 0.671. The molecule has 2 aliphatic carbocycles. The number of fused-ring (bicyclic) bond motifs is 2. The molecule has 154 valence electrons. The van der Waals surface area contributed by atoms with Gasteiger partial charge in [0.25, 0.3) is 11.5 Å². The fourth-order valence-corrected chi connectivity index (χ4v) is 4.66. The van der Waals surface area contributed by atoms with E-state index < -0.39 is 11.2 Å². The van der Waals surface area contributed by atoms with Crippen LogP contribution in [0.15, 0.2) is 46.1 Å². The van der Waals surface area contributed by atoms with Crippen molar-refractivity contribution in [2.24, 2.45) is 14.1 Å². The summed E-state index contributed by atoms with van der Waals surface area (Å²) in [6, 6.07) is 10.2. The van der Waals surface area contributed by atoms with Gasteiger partial charge >= 0.3 is 5.69 Å². The maximum atomic E-state index is 13.6. The van der Waals surface area contributed by atoms with Crippen LogP contribution in [0.4, 0.5) is 0 Å². The summed E-state index contributed by atoms with van der Waals surface area (Å²) < 4.78 is 2.38. The fraction of sp³-hybridized carbons (Fsp3) is 0.391. The molecule has 0 bridgehead atoms. The number of amides is 1. The summed E-state index contributed by atoms with van der Waals surface area (Å²) in [7, 11) is 3.02. The molecular weight excluding hydrogens is 380 g/mol. The van der Waals surface area contributed by atoms with Crippen LogP contribution in [0.2, 0.25) is 0 Å². The summed E-state index contributed by atoms with van der Waals surface area (Å²) in [5.74, 6) is -0.0930. The largest absolute Gasteiger partial charge is 0.332 e. The van der Waals surface area contributed by atoms with Crippen molar-refractivity contribution < 1.29 is 4.79 Å². The van der Waals surface area contributed by atoms with Crippen molar-refractivity contribution in [1.29, 1.82) is 0 Å². The maximum Gasteiger partial charge on any atom is 0.332 e. The van der Waals surface area contributed by atoms with Gasteiger partial charge in [0, 0.05) is 26.3 Å². The highest BCUT2D eigenvalue weighted by atomic mass is 16.2. The molecule has 0 N–H and O–H groups in total. The first kappa shape index (κ1) is 18.8. The van der Waals surface area contributed by atoms with Crippen molar-refractivity contribution >= 4 is 16.9 Å². The Bertz CT molecular complexity index is 1290. The van der Waals surface area contributed by atoms with Crippen molar-refractivity contribution in [3.8, 4) is 0 Å². The van der Waals surface area contributed by atoms with Gasteiger partial charge in [-0.25, -0.2) is 9.78 Å². The van der Waals surface area contributed by atoms with Crippen molar-refractivity contribution in [3.63, 3.8) is 0 Å². The Morgan fingerprint density at radius 2 is 1.87 bits per heavy atom. The predicted molar refractivity (Wildman–Crippen MR) is 114 cm³/mol. The lowest BCUT2D eigenvalue weighted by Gasteiger charge is -2.36. The number of pyridine rings is 1. The minimum absolute atomic E-state index is 0.0496. The number of hydrogen-bond donors (Lipinski definition) is 0. The number of hydrogen-bond acceptors (Lipinski definition) is 4. The van der Waals surface area contributed by atoms with E-state index in [1.54, 1.807) is 13.1 Å². The normalized spacial score (nSPS) is 18.3. The minimum Gasteiger partial charge on any atom is -0.329 e. The SMILES string of the molecule is Cn1c(=O)c2cc(C(=O)N(C3CC3)C3CCCc4ccccc43)cnc2n(C)c1=O. The highest BCUT2D eigenvalue weighted by molar-refractivity contribution is 5.97. The number of carbonyl (C=O) groups excluding carboxylic acids is 1. The molecule has 0 radical (unpaired) electrons. The monoisotopic (exact) mass is 404 g/mol. The molecule has 7 nitrogen and oxygen atoms in total. The van der Waals surface area contributed by atoms with Gasteiger partial charge < -0.3 is 4.90 Å². The lowest BCUT2D eigenvalue weighted by atomic mass is 9.86. The van der Waals surface area contributed by atoms with Crippen LogP contribution in [-0.4, -0.2) is 31.0 Å². The van der Waals surface area contributed by atoms with Crippen molar-refractivity contribution in [2.45, 2.75) is 44.2 Å². The van der Waals surface area contributed by atoms with E-state index in [1.807, 2.05) is 11.0 Å². The van der Waals surface area contributed by atoms with E-state index in [-0.39, 0.29) is 23.4 Å². The van der Waals surface area contributed by atoms with E-state index in [1.165, 1.54) is 28.9 Å². The molecule has 1 saturated carbocycles. The number of aromatic nitrogens is 3. The van der Waals surface area contributed by atoms with E-state index in [9.17, 15) is 14.4 Å². The summed E-state index contributed by atoms with van der Waals surface area (Å²) in [5, 5.41) is 0.283. The first-order chi connectivity index (χ1) is 14.5. The molecule has 7 heteroatoms. The molecule has 1 amide bonds. The van der Waals surface area contributed by atoms with Crippen LogP contribution in [0, 0.1) is 0 Å². The molecule has 1 unspecified atom stereocenters. The molecule has 1 atom stereocenters. The molecule has 2 heterocycles. The first-order valence-corrected chi connectivity index (χ1v) is 10.4. The lowest BCUT2D eigenvalue weighted by molar-refractivity contribution is 0.0637. The molecule has 5 rings (SSSR count). The predicted octanol–water partition coefficient (Wildman–Crippen LogP) is 2.31. The molecule has 1 fully saturated rings. The van der Waals surface area contributed by atoms with Gasteiger partial charge in [0.05, 0.1) is 17.0 Å². The molecule has 0 spiro atoms. The Morgan fingerprint density at radius 3 is 2.63 bits per heavy atom. The third kappa shape index (κ3) is 2.88. The average molecular weight is 404 g/mol. The van der Waals surface area contributed by atoms with Gasteiger partial charge in [0.2, 0.25) is 0 Å². The van der Waals surface area contributed by atoms with Crippen LogP contribution in [0.3, 0.4) is 0 Å². The van der Waals surface area contributed by atoms with Crippen LogP contribution in [0.1, 0.15) is 53.2 Å². The topological polar surface area (TPSA) is 77.2 Å². The van der Waals surface area contributed by atoms with Gasteiger partial charge in [-0.3, -0.25) is 18.7 Å². The molecule has 2 aromatic heterocycles. The molecule has 0 saturated heterocycles. The minimum atomic E-state index is -0.434. The smallest absolute Gasteiger partial charge is 0.329 e. The number of carbonyl (C=O) groups is 1. The highest BCUT2D eigenvalue weighted by Gasteiger charge is 2.40. The third-order valence-electron chi connectivity index (χ3n) is 6.39. The standard InChI is InChI=1S/C23H24N4O3/c1-25-20-18(22(29)26(2)23(25)30)12-15(13-24-20)21(28)27(16-10-11-16)19-9-5-7-14-6-3-4-8-17(14)19/h3-4,6,8,12-13,16,19H,5,7,9-11H2,1-2H3. The van der Waals surface area contributed by atoms with E-state index in [4.69, 9.17) is 0 Å². The summed E-state index contributed by atoms with van der Waals surface area (Å²) in [6.07, 6.45) is 6.53. The second-order valence-electron chi connectivity index (χ2n) is 8.35. The number of rotatable bonds is 3. The molecule has 3 aromatic rings. The van der Waals surface area contributed by atoms with Crippen molar-refractivity contribution in [1.82, 2.24) is 19.0 Å². The molecule has 2 aliphatic rings. The molecular formula is C23H24N4O3. The number of aryl methyl sites for hydroxylation is 2. The Kier molecular flexibility index (Phi) is 4.34. The Morgan fingerprint density at radius 1 is 1.10 bits per heavy atom. The first-order valence-electron chi connectivity index (χ1n) is 10.4. The Labute approximate surface area is 173 Å². The van der Waals surface area contributed by atoms with Crippen LogP contribution < -0.4 is 11.2 Å². The van der Waals surface area contributed by atoms with Crippen LogP contribution in [0.25, 0.3) is 11.0 Å². The van der Waals surface area contributed by atoms with Gasteiger partial charge in [0.1, 0.15) is 5.65 Å². The molecule has 1 aromatic carbocycles. The van der Waals surface area contributed by atoms with E-state index >= 15 is 0 Å².